The minimum absolute atomic E-state index is 0.0192. The molecule has 0 aromatic heterocycles. The van der Waals surface area contributed by atoms with E-state index in [2.05, 4.69) is 0 Å². The van der Waals surface area contributed by atoms with Gasteiger partial charge in [0.25, 0.3) is 11.8 Å². The van der Waals surface area contributed by atoms with E-state index in [1.165, 1.54) is 17.0 Å². The third kappa shape index (κ3) is 5.33. The van der Waals surface area contributed by atoms with Crippen LogP contribution in [0.1, 0.15) is 27.9 Å². The van der Waals surface area contributed by atoms with Gasteiger partial charge in [-0.3, -0.25) is 14.4 Å². The molecule has 1 heterocycles. The molecule has 0 spiro atoms. The predicted octanol–water partition coefficient (Wildman–Crippen LogP) is 3.31. The number of halogens is 1. The molecule has 1 unspecified atom stereocenters. The van der Waals surface area contributed by atoms with Crippen LogP contribution in [0.5, 0.6) is 0 Å². The van der Waals surface area contributed by atoms with Crippen molar-refractivity contribution in [1.82, 2.24) is 4.90 Å². The molecule has 10 heteroatoms. The van der Waals surface area contributed by atoms with Crippen LogP contribution in [0.15, 0.2) is 77.7 Å². The first-order valence-corrected chi connectivity index (χ1v) is 13.1. The van der Waals surface area contributed by atoms with Crippen molar-refractivity contribution >= 4 is 45.0 Å². The van der Waals surface area contributed by atoms with E-state index in [1.807, 2.05) is 6.07 Å². The minimum Gasteiger partial charge on any atom is -0.326 e. The van der Waals surface area contributed by atoms with E-state index in [9.17, 15) is 22.8 Å². The molecule has 0 aliphatic carbocycles. The van der Waals surface area contributed by atoms with E-state index in [0.717, 1.165) is 16.0 Å². The van der Waals surface area contributed by atoms with Gasteiger partial charge in [-0.2, -0.15) is 0 Å². The lowest BCUT2D eigenvalue weighted by molar-refractivity contribution is -0.122. The third-order valence-corrected chi connectivity index (χ3v) is 7.29. The number of primary sulfonamides is 1. The number of rotatable bonds is 7. The van der Waals surface area contributed by atoms with Crippen LogP contribution >= 0.6 is 11.6 Å². The Morgan fingerprint density at radius 2 is 1.67 bits per heavy atom. The van der Waals surface area contributed by atoms with Crippen molar-refractivity contribution in [3.05, 3.63) is 94.5 Å². The van der Waals surface area contributed by atoms with Gasteiger partial charge in [0.15, 0.2) is 0 Å². The molecule has 1 aliphatic heterocycles. The number of carbonyl (C=O) groups is 3. The first kappa shape index (κ1) is 25.6. The second-order valence-electron chi connectivity index (χ2n) is 8.52. The van der Waals surface area contributed by atoms with Gasteiger partial charge in [-0.05, 0) is 66.9 Å². The van der Waals surface area contributed by atoms with Crippen LogP contribution in [0.4, 0.5) is 5.69 Å². The fourth-order valence-electron chi connectivity index (χ4n) is 4.18. The Morgan fingerprint density at radius 1 is 1.03 bits per heavy atom. The third-order valence-electron chi connectivity index (χ3n) is 6.11. The number of nitrogens with two attached hydrogens (primary N) is 1. The number of nitrogens with zero attached hydrogens (tertiary/aromatic N) is 2. The molecule has 3 amide bonds. The first-order valence-electron chi connectivity index (χ1n) is 11.2. The van der Waals surface area contributed by atoms with E-state index >= 15 is 0 Å². The van der Waals surface area contributed by atoms with Crippen LogP contribution in [-0.2, 0) is 26.0 Å². The summed E-state index contributed by atoms with van der Waals surface area (Å²) in [5.41, 5.74) is 2.32. The molecule has 3 aromatic rings. The summed E-state index contributed by atoms with van der Waals surface area (Å²) < 4.78 is 23.1. The van der Waals surface area contributed by atoms with E-state index < -0.39 is 27.9 Å². The molecule has 8 nitrogen and oxygen atoms in total. The number of anilines is 1. The molecule has 186 valence electrons. The molecule has 36 heavy (non-hydrogen) atoms. The highest BCUT2D eigenvalue weighted by Crippen LogP contribution is 2.28. The van der Waals surface area contributed by atoms with Crippen molar-refractivity contribution in [3.63, 3.8) is 0 Å². The Bertz CT molecular complexity index is 1420. The fourth-order valence-corrected chi connectivity index (χ4v) is 4.82. The Hall–Kier alpha value is -3.53. The second kappa shape index (κ2) is 10.2. The summed E-state index contributed by atoms with van der Waals surface area (Å²) in [7, 11) is -3.83. The van der Waals surface area contributed by atoms with Crippen molar-refractivity contribution in [1.29, 1.82) is 0 Å². The predicted molar refractivity (Wildman–Crippen MR) is 136 cm³/mol. The maximum absolute atomic E-state index is 13.6. The largest absolute Gasteiger partial charge is 0.326 e. The van der Waals surface area contributed by atoms with Crippen LogP contribution in [0.25, 0.3) is 0 Å². The van der Waals surface area contributed by atoms with E-state index in [4.69, 9.17) is 16.7 Å². The van der Waals surface area contributed by atoms with Gasteiger partial charge >= 0.3 is 0 Å². The van der Waals surface area contributed by atoms with E-state index in [0.29, 0.717) is 22.7 Å². The SMILES string of the molecule is Cc1ccccc1C(=O)N(CCc1ccc(S(N)(=O)=O)cc1)C1CC(=O)N(c2ccc(Cl)cc2)C1=O. The number of benzene rings is 3. The number of hydrogen-bond donors (Lipinski definition) is 1. The molecule has 3 aromatic carbocycles. The number of imide groups is 1. The van der Waals surface area contributed by atoms with Crippen LogP contribution in [0, 0.1) is 6.92 Å². The molecule has 0 radical (unpaired) electrons. The summed E-state index contributed by atoms with van der Waals surface area (Å²) >= 11 is 5.95. The lowest BCUT2D eigenvalue weighted by Gasteiger charge is -2.28. The molecule has 1 fully saturated rings. The van der Waals surface area contributed by atoms with Crippen LogP contribution in [0.3, 0.4) is 0 Å². The minimum atomic E-state index is -3.83. The average molecular weight is 526 g/mol. The van der Waals surface area contributed by atoms with Crippen molar-refractivity contribution < 1.29 is 22.8 Å². The lowest BCUT2D eigenvalue weighted by atomic mass is 10.0. The Labute approximate surface area is 214 Å². The summed E-state index contributed by atoms with van der Waals surface area (Å²) in [4.78, 5) is 42.4. The van der Waals surface area contributed by atoms with E-state index in [1.54, 1.807) is 61.5 Å². The average Bonchev–Trinajstić information content (AvgIpc) is 3.13. The highest BCUT2D eigenvalue weighted by Gasteiger charge is 2.44. The summed E-state index contributed by atoms with van der Waals surface area (Å²) in [6.07, 6.45) is 0.185. The fraction of sp³-hybridized carbons (Fsp3) is 0.192. The smallest absolute Gasteiger partial charge is 0.257 e. The summed E-state index contributed by atoms with van der Waals surface area (Å²) in [5.74, 6) is -1.26. The van der Waals surface area contributed by atoms with Gasteiger partial charge in [0.1, 0.15) is 6.04 Å². The van der Waals surface area contributed by atoms with Gasteiger partial charge in [-0.15, -0.1) is 0 Å². The molecule has 0 saturated carbocycles. The highest BCUT2D eigenvalue weighted by atomic mass is 35.5. The van der Waals surface area contributed by atoms with Crippen LogP contribution < -0.4 is 10.0 Å². The number of hydrogen-bond acceptors (Lipinski definition) is 5. The summed E-state index contributed by atoms with van der Waals surface area (Å²) in [6.45, 7) is 1.94. The van der Waals surface area contributed by atoms with Crippen molar-refractivity contribution in [2.45, 2.75) is 30.7 Å². The van der Waals surface area contributed by atoms with Gasteiger partial charge in [-0.1, -0.05) is 41.9 Å². The Kier molecular flexibility index (Phi) is 7.26. The van der Waals surface area contributed by atoms with Gasteiger partial charge in [0.2, 0.25) is 15.9 Å². The molecule has 1 aliphatic rings. The van der Waals surface area contributed by atoms with Gasteiger partial charge in [0, 0.05) is 17.1 Å². The zero-order valence-corrected chi connectivity index (χ0v) is 21.0. The number of sulfonamides is 1. The molecule has 2 N–H and O–H groups in total. The molecule has 4 rings (SSSR count). The Morgan fingerprint density at radius 3 is 2.28 bits per heavy atom. The highest BCUT2D eigenvalue weighted by molar-refractivity contribution is 7.89. The van der Waals surface area contributed by atoms with Crippen molar-refractivity contribution in [2.24, 2.45) is 5.14 Å². The zero-order valence-electron chi connectivity index (χ0n) is 19.4. The van der Waals surface area contributed by atoms with E-state index in [-0.39, 0.29) is 23.8 Å². The molecule has 1 atom stereocenters. The van der Waals surface area contributed by atoms with Crippen LogP contribution in [-0.4, -0.2) is 43.6 Å². The molecule has 0 bridgehead atoms. The molecular formula is C26H24ClN3O5S. The second-order valence-corrected chi connectivity index (χ2v) is 10.5. The number of aryl methyl sites for hydroxylation is 1. The van der Waals surface area contributed by atoms with Gasteiger partial charge < -0.3 is 4.90 Å². The standard InChI is InChI=1S/C26H24ClN3O5S/c1-17-4-2-3-5-22(17)25(32)29(15-14-18-6-12-21(13-7-18)36(28,34)35)23-16-24(31)30(26(23)33)20-10-8-19(27)9-11-20/h2-13,23H,14-16H2,1H3,(H2,28,34,35). The van der Waals surface area contributed by atoms with Crippen molar-refractivity contribution in [3.8, 4) is 0 Å². The number of carbonyl (C=O) groups excluding carboxylic acids is 3. The van der Waals surface area contributed by atoms with Gasteiger partial charge in [-0.25, -0.2) is 18.5 Å². The lowest BCUT2D eigenvalue weighted by Crippen LogP contribution is -2.46. The van der Waals surface area contributed by atoms with Crippen LogP contribution in [0.2, 0.25) is 5.02 Å². The molecule has 1 saturated heterocycles. The summed E-state index contributed by atoms with van der Waals surface area (Å²) in [5, 5.41) is 5.64. The molecular weight excluding hydrogens is 502 g/mol. The normalized spacial score (nSPS) is 15.9. The number of amides is 3. The maximum atomic E-state index is 13.6. The maximum Gasteiger partial charge on any atom is 0.257 e. The topological polar surface area (TPSA) is 118 Å². The monoisotopic (exact) mass is 525 g/mol. The van der Waals surface area contributed by atoms with Gasteiger partial charge in [0.05, 0.1) is 17.0 Å². The first-order chi connectivity index (χ1) is 17.1. The Balaban J connectivity index is 1.63. The quantitative estimate of drug-likeness (QED) is 0.475. The summed E-state index contributed by atoms with van der Waals surface area (Å²) in [6, 6.07) is 18.4. The zero-order chi connectivity index (χ0) is 26.0. The van der Waals surface area contributed by atoms with Crippen molar-refractivity contribution in [2.75, 3.05) is 11.4 Å².